The Bertz CT molecular complexity index is 815. The number of rotatable bonds is 7. The van der Waals surface area contributed by atoms with Gasteiger partial charge in [-0.15, -0.1) is 0 Å². The van der Waals surface area contributed by atoms with Crippen LogP contribution >= 0.6 is 0 Å². The van der Waals surface area contributed by atoms with E-state index in [0.29, 0.717) is 57.3 Å². The van der Waals surface area contributed by atoms with Gasteiger partial charge >= 0.3 is 0 Å². The van der Waals surface area contributed by atoms with Gasteiger partial charge in [0.05, 0.1) is 6.54 Å². The van der Waals surface area contributed by atoms with Gasteiger partial charge in [0, 0.05) is 38.0 Å². The van der Waals surface area contributed by atoms with Crippen LogP contribution in [0.3, 0.4) is 0 Å². The average Bonchev–Trinajstić information content (AvgIpc) is 3.18. The Balaban J connectivity index is 1.55. The van der Waals surface area contributed by atoms with Gasteiger partial charge in [-0.2, -0.15) is 0 Å². The molecule has 0 saturated carbocycles. The summed E-state index contributed by atoms with van der Waals surface area (Å²) < 4.78 is 5.52. The standard InChI is InChI=1S/C20H25N5O3/c1-2-21-20(22-11-12-25-17(26)9-6-10-18(25)27)23-13-16-14-28-19(24-16)15-7-4-3-5-8-15/h3-5,7-8,14H,2,6,9-13H2,1H3,(H2,21,22,23). The zero-order valence-corrected chi connectivity index (χ0v) is 16.0. The molecule has 148 valence electrons. The molecule has 1 aromatic carbocycles. The summed E-state index contributed by atoms with van der Waals surface area (Å²) in [4.78, 5) is 34.0. The quantitative estimate of drug-likeness (QED) is 0.431. The molecule has 3 rings (SSSR count). The average molecular weight is 383 g/mol. The van der Waals surface area contributed by atoms with E-state index in [1.807, 2.05) is 37.3 Å². The molecule has 2 heterocycles. The first kappa shape index (κ1) is 19.6. The van der Waals surface area contributed by atoms with Crippen LogP contribution in [-0.4, -0.2) is 47.3 Å². The Hall–Kier alpha value is -3.16. The highest BCUT2D eigenvalue weighted by Gasteiger charge is 2.25. The highest BCUT2D eigenvalue weighted by atomic mass is 16.3. The van der Waals surface area contributed by atoms with Crippen molar-refractivity contribution in [1.29, 1.82) is 0 Å². The van der Waals surface area contributed by atoms with Gasteiger partial charge in [-0.3, -0.25) is 14.5 Å². The molecule has 0 radical (unpaired) electrons. The number of nitrogens with zero attached hydrogens (tertiary/aromatic N) is 3. The molecular weight excluding hydrogens is 358 g/mol. The van der Waals surface area contributed by atoms with Crippen LogP contribution in [0.25, 0.3) is 11.5 Å². The Morgan fingerprint density at radius 2 is 1.93 bits per heavy atom. The summed E-state index contributed by atoms with van der Waals surface area (Å²) in [7, 11) is 0. The van der Waals surface area contributed by atoms with Gasteiger partial charge in [0.2, 0.25) is 17.7 Å². The Morgan fingerprint density at radius 1 is 1.18 bits per heavy atom. The zero-order valence-electron chi connectivity index (χ0n) is 16.0. The zero-order chi connectivity index (χ0) is 19.8. The molecule has 0 aliphatic carbocycles. The van der Waals surface area contributed by atoms with E-state index in [-0.39, 0.29) is 11.8 Å². The number of piperidine rings is 1. The first-order chi connectivity index (χ1) is 13.7. The number of aliphatic imine (C=N–C) groups is 1. The van der Waals surface area contributed by atoms with Crippen LogP contribution in [0.5, 0.6) is 0 Å². The van der Waals surface area contributed by atoms with Crippen LogP contribution in [0.15, 0.2) is 46.0 Å². The maximum absolute atomic E-state index is 11.8. The van der Waals surface area contributed by atoms with Crippen molar-refractivity contribution in [3.8, 4) is 11.5 Å². The molecule has 1 saturated heterocycles. The lowest BCUT2D eigenvalue weighted by Crippen LogP contribution is -2.46. The predicted octanol–water partition coefficient (Wildman–Crippen LogP) is 1.94. The number of carbonyl (C=O) groups is 2. The van der Waals surface area contributed by atoms with Gasteiger partial charge in [-0.25, -0.2) is 9.98 Å². The lowest BCUT2D eigenvalue weighted by molar-refractivity contribution is -0.147. The van der Waals surface area contributed by atoms with E-state index in [9.17, 15) is 9.59 Å². The summed E-state index contributed by atoms with van der Waals surface area (Å²) in [5, 5.41) is 6.30. The number of nitrogens with one attached hydrogen (secondary N) is 2. The molecule has 28 heavy (non-hydrogen) atoms. The largest absolute Gasteiger partial charge is 0.444 e. The van der Waals surface area contributed by atoms with Crippen LogP contribution in [-0.2, 0) is 16.1 Å². The van der Waals surface area contributed by atoms with Crippen molar-refractivity contribution in [2.45, 2.75) is 32.7 Å². The number of amides is 2. The number of likely N-dealkylation sites (tertiary alicyclic amines) is 1. The third kappa shape index (κ3) is 5.18. The molecule has 8 heteroatoms. The molecule has 1 fully saturated rings. The molecule has 0 bridgehead atoms. The van der Waals surface area contributed by atoms with E-state index in [2.05, 4.69) is 20.6 Å². The van der Waals surface area contributed by atoms with E-state index < -0.39 is 0 Å². The Labute approximate surface area is 164 Å². The van der Waals surface area contributed by atoms with Crippen LogP contribution in [0.1, 0.15) is 31.9 Å². The first-order valence-electron chi connectivity index (χ1n) is 9.52. The summed E-state index contributed by atoms with van der Waals surface area (Å²) in [5.74, 6) is 0.960. The molecule has 0 atom stereocenters. The maximum atomic E-state index is 11.8. The monoisotopic (exact) mass is 383 g/mol. The van der Waals surface area contributed by atoms with Gasteiger partial charge < -0.3 is 15.1 Å². The molecule has 8 nitrogen and oxygen atoms in total. The van der Waals surface area contributed by atoms with Crippen molar-refractivity contribution in [3.63, 3.8) is 0 Å². The molecule has 2 aromatic rings. The number of hydrogen-bond acceptors (Lipinski definition) is 5. The van der Waals surface area contributed by atoms with E-state index in [1.54, 1.807) is 6.26 Å². The number of imide groups is 1. The van der Waals surface area contributed by atoms with Crippen LogP contribution in [0.4, 0.5) is 0 Å². The number of guanidine groups is 1. The maximum Gasteiger partial charge on any atom is 0.229 e. The number of aromatic nitrogens is 1. The second-order valence-corrected chi connectivity index (χ2v) is 6.42. The summed E-state index contributed by atoms with van der Waals surface area (Å²) >= 11 is 0. The van der Waals surface area contributed by atoms with Crippen molar-refractivity contribution in [2.75, 3.05) is 19.6 Å². The van der Waals surface area contributed by atoms with Crippen molar-refractivity contribution >= 4 is 17.8 Å². The smallest absolute Gasteiger partial charge is 0.229 e. The van der Waals surface area contributed by atoms with Crippen molar-refractivity contribution < 1.29 is 14.0 Å². The molecule has 1 aliphatic rings. The highest BCUT2D eigenvalue weighted by molar-refractivity contribution is 5.97. The minimum atomic E-state index is -0.101. The van der Waals surface area contributed by atoms with Gasteiger partial charge in [-0.05, 0) is 25.5 Å². The van der Waals surface area contributed by atoms with Crippen molar-refractivity contribution in [2.24, 2.45) is 4.99 Å². The van der Waals surface area contributed by atoms with E-state index in [0.717, 1.165) is 11.3 Å². The van der Waals surface area contributed by atoms with Gasteiger partial charge in [0.1, 0.15) is 12.0 Å². The summed E-state index contributed by atoms with van der Waals surface area (Å²) in [6.45, 7) is 3.80. The molecular formula is C20H25N5O3. The van der Waals surface area contributed by atoms with Crippen LogP contribution in [0, 0.1) is 0 Å². The van der Waals surface area contributed by atoms with Crippen molar-refractivity contribution in [1.82, 2.24) is 20.5 Å². The minimum absolute atomic E-state index is 0.101. The minimum Gasteiger partial charge on any atom is -0.444 e. The van der Waals surface area contributed by atoms with Crippen LogP contribution in [0.2, 0.25) is 0 Å². The van der Waals surface area contributed by atoms with Gasteiger partial charge in [0.15, 0.2) is 5.96 Å². The molecule has 0 spiro atoms. The highest BCUT2D eigenvalue weighted by Crippen LogP contribution is 2.18. The third-order valence-corrected chi connectivity index (χ3v) is 4.33. The second kappa shape index (κ2) is 9.68. The number of benzene rings is 1. The molecule has 2 amide bonds. The fraction of sp³-hybridized carbons (Fsp3) is 0.400. The molecule has 0 unspecified atom stereocenters. The summed E-state index contributed by atoms with van der Waals surface area (Å²) in [6, 6.07) is 9.68. The SMILES string of the molecule is CCNC(=NCc1coc(-c2ccccc2)n1)NCCN1C(=O)CCCC1=O. The molecule has 1 aliphatic heterocycles. The number of carbonyl (C=O) groups excluding carboxylic acids is 2. The summed E-state index contributed by atoms with van der Waals surface area (Å²) in [6.07, 6.45) is 3.13. The third-order valence-electron chi connectivity index (χ3n) is 4.33. The lowest BCUT2D eigenvalue weighted by atomic mass is 10.1. The van der Waals surface area contributed by atoms with Crippen LogP contribution < -0.4 is 10.6 Å². The molecule has 1 aromatic heterocycles. The Morgan fingerprint density at radius 3 is 2.64 bits per heavy atom. The van der Waals surface area contributed by atoms with Crippen molar-refractivity contribution in [3.05, 3.63) is 42.3 Å². The van der Waals surface area contributed by atoms with Gasteiger partial charge in [0.25, 0.3) is 0 Å². The fourth-order valence-electron chi connectivity index (χ4n) is 2.93. The topological polar surface area (TPSA) is 99.8 Å². The summed E-state index contributed by atoms with van der Waals surface area (Å²) in [5.41, 5.74) is 1.64. The Kier molecular flexibility index (Phi) is 6.78. The van der Waals surface area contributed by atoms with E-state index >= 15 is 0 Å². The van der Waals surface area contributed by atoms with Gasteiger partial charge in [-0.1, -0.05) is 18.2 Å². The van der Waals surface area contributed by atoms with E-state index in [4.69, 9.17) is 4.42 Å². The fourth-order valence-corrected chi connectivity index (χ4v) is 2.93. The normalized spacial score (nSPS) is 15.0. The first-order valence-corrected chi connectivity index (χ1v) is 9.52. The number of oxazole rings is 1. The number of hydrogen-bond donors (Lipinski definition) is 2. The molecule has 2 N–H and O–H groups in total. The predicted molar refractivity (Wildman–Crippen MR) is 105 cm³/mol. The van der Waals surface area contributed by atoms with E-state index in [1.165, 1.54) is 4.90 Å². The lowest BCUT2D eigenvalue weighted by Gasteiger charge is -2.25. The second-order valence-electron chi connectivity index (χ2n) is 6.42.